The number of hydrogen-bond acceptors (Lipinski definition) is 3. The number of nitrogens with zero attached hydrogens (tertiary/aromatic N) is 2. The fourth-order valence-electron chi connectivity index (χ4n) is 3.08. The molecule has 0 radical (unpaired) electrons. The highest BCUT2D eigenvalue weighted by atomic mass is 16.5. The maximum Gasteiger partial charge on any atom is 0.262 e. The van der Waals surface area contributed by atoms with E-state index in [1.807, 2.05) is 91.9 Å². The summed E-state index contributed by atoms with van der Waals surface area (Å²) in [5.41, 5.74) is 4.38. The Labute approximate surface area is 175 Å². The van der Waals surface area contributed by atoms with Crippen LogP contribution in [0.5, 0.6) is 5.88 Å². The van der Waals surface area contributed by atoms with Gasteiger partial charge in [0.15, 0.2) is 0 Å². The molecular weight excluding hydrogens is 374 g/mol. The fraction of sp³-hybridized carbons (Fsp3) is 0.120. The van der Waals surface area contributed by atoms with Crippen molar-refractivity contribution in [1.29, 1.82) is 0 Å². The van der Waals surface area contributed by atoms with Gasteiger partial charge in [-0.25, -0.2) is 0 Å². The van der Waals surface area contributed by atoms with Gasteiger partial charge < -0.3 is 10.1 Å². The molecule has 0 aliphatic carbocycles. The molecule has 0 fully saturated rings. The van der Waals surface area contributed by atoms with Crippen LogP contribution in [-0.2, 0) is 13.2 Å². The van der Waals surface area contributed by atoms with Crippen molar-refractivity contribution in [2.75, 3.05) is 5.32 Å². The number of carbonyl (C=O) groups is 1. The molecule has 1 N–H and O–H groups in total. The molecule has 0 saturated heterocycles. The Kier molecular flexibility index (Phi) is 5.90. The lowest BCUT2D eigenvalue weighted by atomic mass is 10.2. The molecular formula is C25H23N3O2. The number of rotatable bonds is 7. The largest absolute Gasteiger partial charge is 0.471 e. The van der Waals surface area contributed by atoms with Crippen LogP contribution in [0.2, 0.25) is 0 Å². The molecule has 0 saturated carbocycles. The van der Waals surface area contributed by atoms with Crippen molar-refractivity contribution in [1.82, 2.24) is 9.78 Å². The predicted octanol–water partition coefficient (Wildman–Crippen LogP) is 5.07. The highest BCUT2D eigenvalue weighted by Gasteiger charge is 2.18. The Morgan fingerprint density at radius 2 is 1.53 bits per heavy atom. The number of ether oxygens (including phenoxy) is 1. The molecule has 150 valence electrons. The second-order valence-electron chi connectivity index (χ2n) is 7.13. The van der Waals surface area contributed by atoms with Gasteiger partial charge in [0, 0.05) is 11.9 Å². The van der Waals surface area contributed by atoms with Crippen LogP contribution >= 0.6 is 0 Å². The summed E-state index contributed by atoms with van der Waals surface area (Å²) < 4.78 is 7.66. The van der Waals surface area contributed by atoms with E-state index < -0.39 is 0 Å². The quantitative estimate of drug-likeness (QED) is 0.474. The van der Waals surface area contributed by atoms with Crippen molar-refractivity contribution in [3.63, 3.8) is 0 Å². The van der Waals surface area contributed by atoms with Gasteiger partial charge in [0.1, 0.15) is 12.2 Å². The zero-order valence-electron chi connectivity index (χ0n) is 16.8. The predicted molar refractivity (Wildman–Crippen MR) is 118 cm³/mol. The van der Waals surface area contributed by atoms with E-state index in [-0.39, 0.29) is 5.91 Å². The summed E-state index contributed by atoms with van der Waals surface area (Å²) in [7, 11) is 0. The number of aromatic nitrogens is 2. The molecule has 0 spiro atoms. The molecule has 0 bridgehead atoms. The molecule has 4 aromatic rings. The number of hydrogen-bond donors (Lipinski definition) is 1. The maximum absolute atomic E-state index is 13.0. The highest BCUT2D eigenvalue weighted by molar-refractivity contribution is 6.05. The number of anilines is 1. The number of benzene rings is 3. The van der Waals surface area contributed by atoms with Gasteiger partial charge in [0.05, 0.1) is 6.54 Å². The fourth-order valence-corrected chi connectivity index (χ4v) is 3.08. The van der Waals surface area contributed by atoms with Crippen molar-refractivity contribution in [3.8, 4) is 5.88 Å². The monoisotopic (exact) mass is 397 g/mol. The van der Waals surface area contributed by atoms with Crippen molar-refractivity contribution in [2.24, 2.45) is 0 Å². The average molecular weight is 397 g/mol. The summed E-state index contributed by atoms with van der Waals surface area (Å²) in [6.07, 6.45) is 1.73. The number of amides is 1. The van der Waals surface area contributed by atoms with Crippen molar-refractivity contribution < 1.29 is 9.53 Å². The molecule has 0 aliphatic rings. The third-order valence-corrected chi connectivity index (χ3v) is 4.69. The molecule has 5 heteroatoms. The first-order valence-corrected chi connectivity index (χ1v) is 9.83. The van der Waals surface area contributed by atoms with Gasteiger partial charge in [0.2, 0.25) is 5.88 Å². The Hall–Kier alpha value is -3.86. The van der Waals surface area contributed by atoms with Crippen LogP contribution in [0.15, 0.2) is 91.1 Å². The summed E-state index contributed by atoms with van der Waals surface area (Å²) in [5, 5.41) is 7.46. The van der Waals surface area contributed by atoms with Crippen LogP contribution < -0.4 is 10.1 Å². The topological polar surface area (TPSA) is 56.2 Å². The molecule has 5 nitrogen and oxygen atoms in total. The van der Waals surface area contributed by atoms with Gasteiger partial charge in [-0.3, -0.25) is 9.48 Å². The summed E-state index contributed by atoms with van der Waals surface area (Å²) in [6, 6.07) is 27.5. The van der Waals surface area contributed by atoms with Crippen LogP contribution in [0.4, 0.5) is 5.69 Å². The van der Waals surface area contributed by atoms with Crippen LogP contribution in [0, 0.1) is 6.92 Å². The SMILES string of the molecule is Cc1ccc(NC(=O)c2cn(Cc3ccccc3)nc2OCc2ccccc2)cc1. The zero-order chi connectivity index (χ0) is 20.8. The van der Waals surface area contributed by atoms with E-state index in [2.05, 4.69) is 10.4 Å². The van der Waals surface area contributed by atoms with E-state index in [1.54, 1.807) is 10.9 Å². The molecule has 0 aliphatic heterocycles. The third-order valence-electron chi connectivity index (χ3n) is 4.69. The first-order valence-electron chi connectivity index (χ1n) is 9.83. The van der Waals surface area contributed by atoms with Crippen LogP contribution in [0.1, 0.15) is 27.0 Å². The minimum absolute atomic E-state index is 0.249. The van der Waals surface area contributed by atoms with Gasteiger partial charge in [-0.1, -0.05) is 78.4 Å². The summed E-state index contributed by atoms with van der Waals surface area (Å²) >= 11 is 0. The Bertz CT molecular complexity index is 1100. The van der Waals surface area contributed by atoms with Gasteiger partial charge in [-0.05, 0) is 30.2 Å². The lowest BCUT2D eigenvalue weighted by Crippen LogP contribution is -2.12. The lowest BCUT2D eigenvalue weighted by molar-refractivity contribution is 0.102. The van der Waals surface area contributed by atoms with E-state index in [0.717, 1.165) is 22.4 Å². The maximum atomic E-state index is 13.0. The van der Waals surface area contributed by atoms with E-state index >= 15 is 0 Å². The summed E-state index contributed by atoms with van der Waals surface area (Å²) in [5.74, 6) is 0.0700. The molecule has 0 unspecified atom stereocenters. The third kappa shape index (κ3) is 4.94. The van der Waals surface area contributed by atoms with E-state index in [4.69, 9.17) is 4.74 Å². The molecule has 3 aromatic carbocycles. The standard InChI is InChI=1S/C25H23N3O2/c1-19-12-14-22(15-13-19)26-24(29)23-17-28(16-20-8-4-2-5-9-20)27-25(23)30-18-21-10-6-3-7-11-21/h2-15,17H,16,18H2,1H3,(H,26,29). The number of aryl methyl sites for hydroxylation is 1. The summed E-state index contributed by atoms with van der Waals surface area (Å²) in [4.78, 5) is 13.0. The first kappa shape index (κ1) is 19.5. The molecule has 1 aromatic heterocycles. The van der Waals surface area contributed by atoms with Crippen molar-refractivity contribution >= 4 is 11.6 Å². The van der Waals surface area contributed by atoms with E-state index in [0.29, 0.717) is 24.6 Å². The normalized spacial score (nSPS) is 10.6. The lowest BCUT2D eigenvalue weighted by Gasteiger charge is -2.07. The average Bonchev–Trinajstić information content (AvgIpc) is 3.18. The van der Waals surface area contributed by atoms with E-state index in [9.17, 15) is 4.79 Å². The van der Waals surface area contributed by atoms with Crippen molar-refractivity contribution in [2.45, 2.75) is 20.1 Å². The molecule has 1 heterocycles. The Balaban J connectivity index is 1.56. The van der Waals surface area contributed by atoms with Gasteiger partial charge in [-0.15, -0.1) is 5.10 Å². The van der Waals surface area contributed by atoms with Crippen LogP contribution in [0.3, 0.4) is 0 Å². The highest BCUT2D eigenvalue weighted by Crippen LogP contribution is 2.21. The smallest absolute Gasteiger partial charge is 0.262 e. The Morgan fingerprint density at radius 3 is 2.20 bits per heavy atom. The first-order chi connectivity index (χ1) is 14.7. The van der Waals surface area contributed by atoms with E-state index in [1.165, 1.54) is 0 Å². The zero-order valence-corrected chi connectivity index (χ0v) is 16.8. The Morgan fingerprint density at radius 1 is 0.900 bits per heavy atom. The minimum Gasteiger partial charge on any atom is -0.471 e. The molecule has 1 amide bonds. The second kappa shape index (κ2) is 9.09. The molecule has 0 atom stereocenters. The summed E-state index contributed by atoms with van der Waals surface area (Å²) in [6.45, 7) is 2.91. The van der Waals surface area contributed by atoms with Gasteiger partial charge in [0.25, 0.3) is 5.91 Å². The molecule has 30 heavy (non-hydrogen) atoms. The number of nitrogens with one attached hydrogen (secondary N) is 1. The van der Waals surface area contributed by atoms with Crippen LogP contribution in [-0.4, -0.2) is 15.7 Å². The van der Waals surface area contributed by atoms with Gasteiger partial charge in [-0.2, -0.15) is 0 Å². The number of carbonyl (C=O) groups excluding carboxylic acids is 1. The minimum atomic E-state index is -0.249. The second-order valence-corrected chi connectivity index (χ2v) is 7.13. The van der Waals surface area contributed by atoms with Gasteiger partial charge >= 0.3 is 0 Å². The molecule has 4 rings (SSSR count). The van der Waals surface area contributed by atoms with Crippen LogP contribution in [0.25, 0.3) is 0 Å². The van der Waals surface area contributed by atoms with Crippen molar-refractivity contribution in [3.05, 3.63) is 113 Å².